The van der Waals surface area contributed by atoms with Crippen molar-refractivity contribution in [3.63, 3.8) is 0 Å². The lowest BCUT2D eigenvalue weighted by atomic mass is 9.79. The molecule has 1 heterocycles. The zero-order chi connectivity index (χ0) is 27.1. The van der Waals surface area contributed by atoms with Crippen LogP contribution >= 0.6 is 0 Å². The second-order valence-corrected chi connectivity index (χ2v) is 9.51. The lowest BCUT2D eigenvalue weighted by Crippen LogP contribution is -2.60. The number of H-pyrrole nitrogens is 1. The molecule has 3 aromatic rings. The van der Waals surface area contributed by atoms with Crippen LogP contribution in [0.4, 0.5) is 8.78 Å². The lowest BCUT2D eigenvalue weighted by Gasteiger charge is -2.39. The molecule has 1 aromatic heterocycles. The smallest absolute Gasteiger partial charge is 0.248 e. The molecule has 200 valence electrons. The van der Waals surface area contributed by atoms with E-state index >= 15 is 0 Å². The van der Waals surface area contributed by atoms with Crippen molar-refractivity contribution >= 4 is 34.5 Å². The molecule has 9 heteroatoms. The van der Waals surface area contributed by atoms with E-state index in [4.69, 9.17) is 4.84 Å². The standard InChI is InChI=1S/C29H32F2N4O3/c1-3-38-34-24-12-15-29(16-13-24,33-27(36)11-6-20-4-7-22(30)8-5-20)28(37)35(2)17-14-21-19-32-26-10-9-23(31)18-25(21)26/h4-11,18-19,32H,3,12-17H2,1-2H3,(H,33,36). The Bertz CT molecular complexity index is 1340. The van der Waals surface area contributed by atoms with E-state index in [2.05, 4.69) is 15.5 Å². The molecule has 7 nitrogen and oxygen atoms in total. The van der Waals surface area contributed by atoms with E-state index in [1.54, 1.807) is 36.2 Å². The molecule has 0 aliphatic heterocycles. The molecule has 2 N–H and O–H groups in total. The number of nitrogens with one attached hydrogen (secondary N) is 2. The van der Waals surface area contributed by atoms with Crippen molar-refractivity contribution in [3.8, 4) is 0 Å². The van der Waals surface area contributed by atoms with Gasteiger partial charge in [0, 0.05) is 36.8 Å². The first-order valence-corrected chi connectivity index (χ1v) is 12.7. The molecule has 1 saturated carbocycles. The summed E-state index contributed by atoms with van der Waals surface area (Å²) in [6.07, 6.45) is 7.10. The number of oxime groups is 1. The number of rotatable bonds is 9. The molecule has 0 atom stereocenters. The number of nitrogens with zero attached hydrogens (tertiary/aromatic N) is 2. The van der Waals surface area contributed by atoms with Crippen LogP contribution in [0.15, 0.2) is 59.9 Å². The molecule has 2 amide bonds. The number of amides is 2. The van der Waals surface area contributed by atoms with Crippen molar-refractivity contribution in [1.82, 2.24) is 15.2 Å². The van der Waals surface area contributed by atoms with Gasteiger partial charge in [-0.1, -0.05) is 17.3 Å². The lowest BCUT2D eigenvalue weighted by molar-refractivity contribution is -0.140. The number of hydrogen-bond donors (Lipinski definition) is 2. The van der Waals surface area contributed by atoms with Crippen molar-refractivity contribution in [3.05, 3.63) is 77.5 Å². The van der Waals surface area contributed by atoms with E-state index in [9.17, 15) is 18.4 Å². The molecule has 38 heavy (non-hydrogen) atoms. The van der Waals surface area contributed by atoms with Crippen LogP contribution in [0.1, 0.15) is 43.7 Å². The summed E-state index contributed by atoms with van der Waals surface area (Å²) in [5.74, 6) is -1.27. The van der Waals surface area contributed by atoms with Crippen LogP contribution in [0, 0.1) is 11.6 Å². The van der Waals surface area contributed by atoms with Gasteiger partial charge in [-0.15, -0.1) is 0 Å². The molecule has 0 saturated heterocycles. The number of benzene rings is 2. The Hall–Kier alpha value is -4.01. The summed E-state index contributed by atoms with van der Waals surface area (Å²) in [5, 5.41) is 7.89. The van der Waals surface area contributed by atoms with E-state index in [0.29, 0.717) is 50.8 Å². The number of hydrogen-bond acceptors (Lipinski definition) is 4. The highest BCUT2D eigenvalue weighted by atomic mass is 19.1. The SMILES string of the molecule is CCON=C1CCC(NC(=O)C=Cc2ccc(F)cc2)(C(=O)N(C)CCc2c[nH]c3ccc(F)cc23)CC1. The number of carbonyl (C=O) groups excluding carboxylic acids is 2. The maximum absolute atomic E-state index is 13.8. The zero-order valence-corrected chi connectivity index (χ0v) is 21.6. The molecular formula is C29H32F2N4O3. The third-order valence-electron chi connectivity index (χ3n) is 6.87. The van der Waals surface area contributed by atoms with Gasteiger partial charge in [0.25, 0.3) is 0 Å². The number of likely N-dealkylation sites (N-methyl/N-ethyl adjacent to an activating group) is 1. The first-order valence-electron chi connectivity index (χ1n) is 12.7. The summed E-state index contributed by atoms with van der Waals surface area (Å²) in [7, 11) is 1.71. The van der Waals surface area contributed by atoms with Gasteiger partial charge >= 0.3 is 0 Å². The molecule has 2 aromatic carbocycles. The largest absolute Gasteiger partial charge is 0.396 e. The number of halogens is 2. The van der Waals surface area contributed by atoms with Crippen molar-refractivity contribution < 1.29 is 23.2 Å². The topological polar surface area (TPSA) is 86.8 Å². The Morgan fingerprint density at radius 2 is 1.84 bits per heavy atom. The Morgan fingerprint density at radius 1 is 1.13 bits per heavy atom. The van der Waals surface area contributed by atoms with Gasteiger partial charge in [-0.05, 0) is 86.6 Å². The Kier molecular flexibility index (Phi) is 8.55. The van der Waals surface area contributed by atoms with E-state index < -0.39 is 11.4 Å². The van der Waals surface area contributed by atoms with Crippen LogP contribution in [0.3, 0.4) is 0 Å². The average molecular weight is 523 g/mol. The summed E-state index contributed by atoms with van der Waals surface area (Å²) in [6.45, 7) is 2.70. The third-order valence-corrected chi connectivity index (χ3v) is 6.87. The fraction of sp³-hybridized carbons (Fsp3) is 0.345. The van der Waals surface area contributed by atoms with Gasteiger partial charge < -0.3 is 20.0 Å². The highest BCUT2D eigenvalue weighted by Gasteiger charge is 2.43. The predicted octanol–water partition coefficient (Wildman–Crippen LogP) is 4.98. The quantitative estimate of drug-likeness (QED) is 0.307. The van der Waals surface area contributed by atoms with Crippen LogP contribution in [0.2, 0.25) is 0 Å². The van der Waals surface area contributed by atoms with Crippen molar-refractivity contribution in [2.24, 2.45) is 5.16 Å². The van der Waals surface area contributed by atoms with E-state index in [0.717, 1.165) is 22.2 Å². The van der Waals surface area contributed by atoms with Crippen molar-refractivity contribution in [2.45, 2.75) is 44.6 Å². The minimum absolute atomic E-state index is 0.192. The van der Waals surface area contributed by atoms with Gasteiger partial charge in [0.1, 0.15) is 23.8 Å². The molecule has 1 aliphatic rings. The molecule has 0 unspecified atom stereocenters. The van der Waals surface area contributed by atoms with Crippen LogP contribution in [0.25, 0.3) is 17.0 Å². The van der Waals surface area contributed by atoms with Crippen LogP contribution in [0.5, 0.6) is 0 Å². The Morgan fingerprint density at radius 3 is 2.55 bits per heavy atom. The number of carbonyl (C=O) groups is 2. The van der Waals surface area contributed by atoms with Gasteiger partial charge in [0.15, 0.2) is 0 Å². The van der Waals surface area contributed by atoms with Gasteiger partial charge in [-0.25, -0.2) is 8.78 Å². The average Bonchev–Trinajstić information content (AvgIpc) is 3.32. The van der Waals surface area contributed by atoms with Gasteiger partial charge in [0.2, 0.25) is 11.8 Å². The molecule has 0 bridgehead atoms. The minimum atomic E-state index is -1.10. The highest BCUT2D eigenvalue weighted by Crippen LogP contribution is 2.30. The fourth-order valence-corrected chi connectivity index (χ4v) is 4.74. The number of aromatic nitrogens is 1. The van der Waals surface area contributed by atoms with Crippen LogP contribution in [-0.4, -0.2) is 53.1 Å². The molecule has 1 aliphatic carbocycles. The van der Waals surface area contributed by atoms with Crippen molar-refractivity contribution in [1.29, 1.82) is 0 Å². The summed E-state index contributed by atoms with van der Waals surface area (Å²) in [5.41, 5.74) is 2.17. The summed E-state index contributed by atoms with van der Waals surface area (Å²) >= 11 is 0. The second-order valence-electron chi connectivity index (χ2n) is 9.51. The van der Waals surface area contributed by atoms with Crippen molar-refractivity contribution in [2.75, 3.05) is 20.2 Å². The summed E-state index contributed by atoms with van der Waals surface area (Å²) < 4.78 is 27.0. The van der Waals surface area contributed by atoms with Gasteiger partial charge in [0.05, 0.1) is 5.71 Å². The summed E-state index contributed by atoms with van der Waals surface area (Å²) in [6, 6.07) is 10.4. The second kappa shape index (κ2) is 12.0. The van der Waals surface area contributed by atoms with Gasteiger partial charge in [-0.3, -0.25) is 9.59 Å². The fourth-order valence-electron chi connectivity index (χ4n) is 4.74. The molecular weight excluding hydrogens is 490 g/mol. The molecule has 0 radical (unpaired) electrons. The molecule has 1 fully saturated rings. The van der Waals surface area contributed by atoms with E-state index in [-0.39, 0.29) is 17.5 Å². The number of aromatic amines is 1. The Balaban J connectivity index is 1.48. The first kappa shape index (κ1) is 27.0. The zero-order valence-electron chi connectivity index (χ0n) is 21.6. The first-order chi connectivity index (χ1) is 18.3. The normalized spacial score (nSPS) is 17.5. The van der Waals surface area contributed by atoms with E-state index in [1.165, 1.54) is 30.3 Å². The monoisotopic (exact) mass is 522 g/mol. The molecule has 0 spiro atoms. The van der Waals surface area contributed by atoms with E-state index in [1.807, 2.05) is 13.1 Å². The molecule has 4 rings (SSSR count). The Labute approximate surface area is 220 Å². The minimum Gasteiger partial charge on any atom is -0.396 e. The maximum Gasteiger partial charge on any atom is 0.248 e. The maximum atomic E-state index is 13.8. The van der Waals surface area contributed by atoms with Gasteiger partial charge in [-0.2, -0.15) is 0 Å². The highest BCUT2D eigenvalue weighted by molar-refractivity contribution is 5.99. The number of fused-ring (bicyclic) bond motifs is 1. The third kappa shape index (κ3) is 6.45. The summed E-state index contributed by atoms with van der Waals surface area (Å²) in [4.78, 5) is 36.6. The van der Waals surface area contributed by atoms with Crippen LogP contribution in [-0.2, 0) is 20.8 Å². The predicted molar refractivity (Wildman–Crippen MR) is 143 cm³/mol. The van der Waals surface area contributed by atoms with Crippen LogP contribution < -0.4 is 5.32 Å².